The van der Waals surface area contributed by atoms with Crippen molar-refractivity contribution in [1.29, 1.82) is 0 Å². The Hall–Kier alpha value is -2.08. The number of H-pyrrole nitrogens is 2. The summed E-state index contributed by atoms with van der Waals surface area (Å²) in [5.74, 6) is -0.266. The molecule has 0 aliphatic rings. The van der Waals surface area contributed by atoms with Crippen molar-refractivity contribution >= 4 is 16.9 Å². The van der Waals surface area contributed by atoms with E-state index in [0.717, 1.165) is 0 Å². The number of aromatic amines is 2. The second-order valence-electron chi connectivity index (χ2n) is 3.48. The predicted molar refractivity (Wildman–Crippen MR) is 59.9 cm³/mol. The van der Waals surface area contributed by atoms with Crippen molar-refractivity contribution in [1.82, 2.24) is 15.3 Å². The number of carbonyl (C=O) groups is 1. The largest absolute Gasteiger partial charge is 0.358 e. The summed E-state index contributed by atoms with van der Waals surface area (Å²) < 4.78 is 0. The SMILES string of the molecule is CNC(=O)C(N)c1ccc2[nH]c(=O)[nH]c2c1. The van der Waals surface area contributed by atoms with Crippen molar-refractivity contribution in [2.24, 2.45) is 5.73 Å². The molecule has 0 fully saturated rings. The molecule has 1 amide bonds. The van der Waals surface area contributed by atoms with Crippen molar-refractivity contribution in [2.75, 3.05) is 7.05 Å². The zero-order valence-electron chi connectivity index (χ0n) is 8.70. The summed E-state index contributed by atoms with van der Waals surface area (Å²) in [4.78, 5) is 27.6. The van der Waals surface area contributed by atoms with E-state index >= 15 is 0 Å². The van der Waals surface area contributed by atoms with Gasteiger partial charge in [0, 0.05) is 7.05 Å². The van der Waals surface area contributed by atoms with E-state index in [-0.39, 0.29) is 11.6 Å². The third kappa shape index (κ3) is 1.70. The number of rotatable bonds is 2. The van der Waals surface area contributed by atoms with E-state index < -0.39 is 6.04 Å². The molecule has 0 bridgehead atoms. The van der Waals surface area contributed by atoms with Gasteiger partial charge in [-0.05, 0) is 17.7 Å². The first-order valence-corrected chi connectivity index (χ1v) is 4.81. The van der Waals surface area contributed by atoms with Gasteiger partial charge in [-0.15, -0.1) is 0 Å². The first kappa shape index (κ1) is 10.4. The minimum Gasteiger partial charge on any atom is -0.358 e. The molecule has 1 aromatic heterocycles. The highest BCUT2D eigenvalue weighted by Gasteiger charge is 2.14. The summed E-state index contributed by atoms with van der Waals surface area (Å²) in [6.07, 6.45) is 0. The Morgan fingerprint density at radius 3 is 2.75 bits per heavy atom. The van der Waals surface area contributed by atoms with Crippen LogP contribution >= 0.6 is 0 Å². The lowest BCUT2D eigenvalue weighted by atomic mass is 10.1. The van der Waals surface area contributed by atoms with Crippen LogP contribution in [-0.2, 0) is 4.79 Å². The van der Waals surface area contributed by atoms with Gasteiger partial charge in [-0.3, -0.25) is 4.79 Å². The maximum absolute atomic E-state index is 11.3. The van der Waals surface area contributed by atoms with Crippen LogP contribution in [0.15, 0.2) is 23.0 Å². The van der Waals surface area contributed by atoms with Crippen molar-refractivity contribution < 1.29 is 4.79 Å². The fraction of sp³-hybridized carbons (Fsp3) is 0.200. The van der Waals surface area contributed by atoms with Crippen LogP contribution in [0.1, 0.15) is 11.6 Å². The van der Waals surface area contributed by atoms with E-state index in [4.69, 9.17) is 5.73 Å². The van der Waals surface area contributed by atoms with Gasteiger partial charge in [0.25, 0.3) is 0 Å². The molecule has 0 saturated carbocycles. The van der Waals surface area contributed by atoms with Gasteiger partial charge in [0.15, 0.2) is 0 Å². The molecule has 84 valence electrons. The number of aromatic nitrogens is 2. The monoisotopic (exact) mass is 220 g/mol. The quantitative estimate of drug-likeness (QED) is 0.553. The molecular formula is C10H12N4O2. The number of amides is 1. The Kier molecular flexibility index (Phi) is 2.49. The molecule has 2 rings (SSSR count). The lowest BCUT2D eigenvalue weighted by molar-refractivity contribution is -0.121. The Morgan fingerprint density at radius 1 is 1.38 bits per heavy atom. The number of hydrogen-bond acceptors (Lipinski definition) is 3. The topological polar surface area (TPSA) is 104 Å². The van der Waals surface area contributed by atoms with E-state index in [1.165, 1.54) is 7.05 Å². The van der Waals surface area contributed by atoms with Crippen LogP contribution < -0.4 is 16.7 Å². The van der Waals surface area contributed by atoms with E-state index in [9.17, 15) is 9.59 Å². The first-order valence-electron chi connectivity index (χ1n) is 4.81. The van der Waals surface area contributed by atoms with Gasteiger partial charge in [-0.1, -0.05) is 6.07 Å². The van der Waals surface area contributed by atoms with Crippen molar-refractivity contribution in [3.63, 3.8) is 0 Å². The van der Waals surface area contributed by atoms with Crippen LogP contribution in [0.5, 0.6) is 0 Å². The zero-order valence-corrected chi connectivity index (χ0v) is 8.70. The van der Waals surface area contributed by atoms with E-state index in [0.29, 0.717) is 16.6 Å². The summed E-state index contributed by atoms with van der Waals surface area (Å²) >= 11 is 0. The standard InChI is InChI=1S/C10H12N4O2/c1-12-9(15)8(11)5-2-3-6-7(4-5)14-10(16)13-6/h2-4,8H,11H2,1H3,(H,12,15)(H2,13,14,16). The van der Waals surface area contributed by atoms with Gasteiger partial charge in [0.05, 0.1) is 11.0 Å². The molecule has 0 saturated heterocycles. The maximum Gasteiger partial charge on any atom is 0.323 e. The third-order valence-electron chi connectivity index (χ3n) is 2.43. The number of nitrogens with one attached hydrogen (secondary N) is 3. The Bertz CT molecular complexity index is 584. The van der Waals surface area contributed by atoms with Gasteiger partial charge in [-0.25, -0.2) is 4.79 Å². The lowest BCUT2D eigenvalue weighted by Gasteiger charge is -2.09. The maximum atomic E-state index is 11.3. The van der Waals surface area contributed by atoms with Gasteiger partial charge in [-0.2, -0.15) is 0 Å². The molecule has 1 unspecified atom stereocenters. The summed E-state index contributed by atoms with van der Waals surface area (Å²) in [5, 5.41) is 2.47. The highest BCUT2D eigenvalue weighted by Crippen LogP contribution is 2.15. The minimum atomic E-state index is -0.729. The second-order valence-corrected chi connectivity index (χ2v) is 3.48. The normalized spacial score (nSPS) is 12.6. The molecule has 1 aromatic carbocycles. The summed E-state index contributed by atoms with van der Waals surface area (Å²) in [6.45, 7) is 0. The molecule has 1 heterocycles. The van der Waals surface area contributed by atoms with Gasteiger partial charge in [0.1, 0.15) is 6.04 Å². The number of benzene rings is 1. The summed E-state index contributed by atoms with van der Waals surface area (Å²) in [5.41, 5.74) is 7.44. The van der Waals surface area contributed by atoms with Crippen molar-refractivity contribution in [3.8, 4) is 0 Å². The molecule has 6 nitrogen and oxygen atoms in total. The number of nitrogens with two attached hydrogens (primary N) is 1. The van der Waals surface area contributed by atoms with E-state index in [2.05, 4.69) is 15.3 Å². The van der Waals surface area contributed by atoms with Crippen LogP contribution in [0.4, 0.5) is 0 Å². The third-order valence-corrected chi connectivity index (χ3v) is 2.43. The Balaban J connectivity index is 2.46. The van der Waals surface area contributed by atoms with Crippen molar-refractivity contribution in [3.05, 3.63) is 34.2 Å². The Labute approximate surface area is 90.8 Å². The molecule has 0 aliphatic carbocycles. The summed E-state index contributed by atoms with van der Waals surface area (Å²) in [7, 11) is 1.53. The predicted octanol–water partition coefficient (Wildman–Crippen LogP) is -0.398. The highest BCUT2D eigenvalue weighted by atomic mass is 16.2. The van der Waals surface area contributed by atoms with Gasteiger partial charge >= 0.3 is 5.69 Å². The van der Waals surface area contributed by atoms with E-state index in [1.807, 2.05) is 0 Å². The average Bonchev–Trinajstić information content (AvgIpc) is 2.65. The molecule has 0 radical (unpaired) electrons. The molecule has 16 heavy (non-hydrogen) atoms. The number of hydrogen-bond donors (Lipinski definition) is 4. The molecular weight excluding hydrogens is 208 g/mol. The fourth-order valence-electron chi connectivity index (χ4n) is 1.55. The smallest absolute Gasteiger partial charge is 0.323 e. The summed E-state index contributed by atoms with van der Waals surface area (Å²) in [6, 6.07) is 4.39. The lowest BCUT2D eigenvalue weighted by Crippen LogP contribution is -2.31. The molecule has 2 aromatic rings. The molecule has 1 atom stereocenters. The number of fused-ring (bicyclic) bond motifs is 1. The highest BCUT2D eigenvalue weighted by molar-refractivity contribution is 5.84. The number of likely N-dealkylation sites (N-methyl/N-ethyl adjacent to an activating group) is 1. The minimum absolute atomic E-state index is 0.266. The molecule has 5 N–H and O–H groups in total. The molecule has 6 heteroatoms. The van der Waals surface area contributed by atoms with Crippen LogP contribution in [0.2, 0.25) is 0 Å². The molecule has 0 aliphatic heterocycles. The first-order chi connectivity index (χ1) is 7.61. The number of carbonyl (C=O) groups excluding carboxylic acids is 1. The van der Waals surface area contributed by atoms with Gasteiger partial charge in [0.2, 0.25) is 5.91 Å². The van der Waals surface area contributed by atoms with Gasteiger partial charge < -0.3 is 21.0 Å². The van der Waals surface area contributed by atoms with Crippen LogP contribution in [0, 0.1) is 0 Å². The Morgan fingerprint density at radius 2 is 2.06 bits per heavy atom. The van der Waals surface area contributed by atoms with E-state index in [1.54, 1.807) is 18.2 Å². The molecule has 0 spiro atoms. The fourth-order valence-corrected chi connectivity index (χ4v) is 1.55. The zero-order chi connectivity index (χ0) is 11.7. The number of imidazole rings is 1. The van der Waals surface area contributed by atoms with Crippen LogP contribution in [0.3, 0.4) is 0 Å². The van der Waals surface area contributed by atoms with Crippen LogP contribution in [0.25, 0.3) is 11.0 Å². The van der Waals surface area contributed by atoms with Crippen molar-refractivity contribution in [2.45, 2.75) is 6.04 Å². The van der Waals surface area contributed by atoms with Crippen LogP contribution in [-0.4, -0.2) is 22.9 Å². The second kappa shape index (κ2) is 3.82. The average molecular weight is 220 g/mol.